The Bertz CT molecular complexity index is 965. The molecular weight excluding hydrogens is 286 g/mol. The van der Waals surface area contributed by atoms with Gasteiger partial charge in [-0.3, -0.25) is 0 Å². The number of rotatable bonds is 2. The minimum Gasteiger partial charge on any atom is -0.461 e. The second-order valence-corrected chi connectivity index (χ2v) is 6.10. The summed E-state index contributed by atoms with van der Waals surface area (Å²) >= 11 is 6.13. The maximum Gasteiger partial charge on any atom is 0.172 e. The van der Waals surface area contributed by atoms with Gasteiger partial charge in [0.2, 0.25) is 0 Å². The molecule has 0 unspecified atom stereocenters. The van der Waals surface area contributed by atoms with Crippen LogP contribution < -0.4 is 0 Å². The van der Waals surface area contributed by atoms with Crippen LogP contribution >= 0.6 is 11.6 Å². The molecule has 0 fully saturated rings. The molecule has 0 bridgehead atoms. The Labute approximate surface area is 126 Å². The van der Waals surface area contributed by atoms with Crippen molar-refractivity contribution < 1.29 is 8.83 Å². The summed E-state index contributed by atoms with van der Waals surface area (Å²) in [5.74, 6) is 1.53. The van der Waals surface area contributed by atoms with Gasteiger partial charge in [0.1, 0.15) is 16.9 Å². The van der Waals surface area contributed by atoms with E-state index in [2.05, 4.69) is 24.9 Å². The summed E-state index contributed by atoms with van der Waals surface area (Å²) < 4.78 is 11.9. The molecule has 3 aromatic heterocycles. The van der Waals surface area contributed by atoms with Crippen molar-refractivity contribution in [2.45, 2.75) is 20.3 Å². The van der Waals surface area contributed by atoms with E-state index >= 15 is 0 Å². The number of hydrogen-bond acceptors (Lipinski definition) is 3. The zero-order valence-corrected chi connectivity index (χ0v) is 12.6. The van der Waals surface area contributed by atoms with Gasteiger partial charge in [-0.2, -0.15) is 0 Å². The van der Waals surface area contributed by atoms with Gasteiger partial charge in [-0.1, -0.05) is 25.4 Å². The van der Waals surface area contributed by atoms with Crippen LogP contribution in [-0.2, 0) is 6.42 Å². The summed E-state index contributed by atoms with van der Waals surface area (Å²) in [5.41, 5.74) is 2.30. The molecule has 106 valence electrons. The van der Waals surface area contributed by atoms with Gasteiger partial charge in [-0.15, -0.1) is 0 Å². The van der Waals surface area contributed by atoms with Crippen molar-refractivity contribution in [1.82, 2.24) is 4.98 Å². The van der Waals surface area contributed by atoms with Crippen molar-refractivity contribution in [1.29, 1.82) is 0 Å². The normalized spacial score (nSPS) is 12.2. The highest BCUT2D eigenvalue weighted by Crippen LogP contribution is 2.37. The number of hydrogen-bond donors (Lipinski definition) is 0. The average molecular weight is 300 g/mol. The largest absolute Gasteiger partial charge is 0.461 e. The van der Waals surface area contributed by atoms with Crippen LogP contribution in [0.3, 0.4) is 0 Å². The maximum absolute atomic E-state index is 6.13. The van der Waals surface area contributed by atoms with Gasteiger partial charge < -0.3 is 8.83 Å². The number of benzene rings is 1. The van der Waals surface area contributed by atoms with E-state index < -0.39 is 0 Å². The SMILES string of the molecule is CC(C)Cc1cc2c(ccc3c4ccnc(Cl)c4oc23)o1. The summed E-state index contributed by atoms with van der Waals surface area (Å²) in [5, 5.41) is 3.41. The van der Waals surface area contributed by atoms with Gasteiger partial charge in [0.15, 0.2) is 10.7 Å². The summed E-state index contributed by atoms with van der Waals surface area (Å²) in [6, 6.07) is 8.00. The predicted molar refractivity (Wildman–Crippen MR) is 84.8 cm³/mol. The monoisotopic (exact) mass is 299 g/mol. The van der Waals surface area contributed by atoms with Crippen molar-refractivity contribution in [2.75, 3.05) is 0 Å². The zero-order chi connectivity index (χ0) is 14.6. The van der Waals surface area contributed by atoms with E-state index in [1.165, 1.54) is 0 Å². The summed E-state index contributed by atoms with van der Waals surface area (Å²) in [6.07, 6.45) is 2.61. The Morgan fingerprint density at radius 1 is 1.05 bits per heavy atom. The van der Waals surface area contributed by atoms with Crippen LogP contribution in [0, 0.1) is 5.92 Å². The van der Waals surface area contributed by atoms with Gasteiger partial charge in [-0.25, -0.2) is 4.98 Å². The standard InChI is InChI=1S/C17H14ClNO2/c1-9(2)7-10-8-13-14(20-10)4-3-11-12-5-6-19-17(18)16(12)21-15(11)13/h3-6,8-9H,7H2,1-2H3. The van der Waals surface area contributed by atoms with Crippen molar-refractivity contribution in [3.05, 3.63) is 41.4 Å². The van der Waals surface area contributed by atoms with E-state index in [1.807, 2.05) is 18.2 Å². The summed E-state index contributed by atoms with van der Waals surface area (Å²) in [6.45, 7) is 4.35. The third kappa shape index (κ3) is 1.92. The molecule has 0 N–H and O–H groups in total. The molecule has 21 heavy (non-hydrogen) atoms. The topological polar surface area (TPSA) is 39.2 Å². The Balaban J connectivity index is 2.06. The molecule has 0 radical (unpaired) electrons. The zero-order valence-electron chi connectivity index (χ0n) is 11.8. The summed E-state index contributed by atoms with van der Waals surface area (Å²) in [4.78, 5) is 4.08. The van der Waals surface area contributed by atoms with E-state index in [0.717, 1.165) is 39.5 Å². The third-order valence-electron chi connectivity index (χ3n) is 3.67. The minimum atomic E-state index is 0.391. The molecule has 0 aliphatic rings. The molecule has 0 atom stereocenters. The first kappa shape index (κ1) is 12.7. The fourth-order valence-corrected chi connectivity index (χ4v) is 2.99. The van der Waals surface area contributed by atoms with Crippen LogP contribution in [0.1, 0.15) is 19.6 Å². The number of halogens is 1. The van der Waals surface area contributed by atoms with E-state index in [-0.39, 0.29) is 0 Å². The molecular formula is C17H14ClNO2. The molecule has 0 saturated carbocycles. The second kappa shape index (κ2) is 4.50. The number of fused-ring (bicyclic) bond motifs is 5. The van der Waals surface area contributed by atoms with Crippen LogP contribution in [-0.4, -0.2) is 4.98 Å². The van der Waals surface area contributed by atoms with Gasteiger partial charge in [0.05, 0.1) is 5.39 Å². The molecule has 0 amide bonds. The smallest absolute Gasteiger partial charge is 0.172 e. The molecule has 0 saturated heterocycles. The average Bonchev–Trinajstić information content (AvgIpc) is 2.99. The van der Waals surface area contributed by atoms with Gasteiger partial charge in [-0.05, 0) is 30.2 Å². The van der Waals surface area contributed by atoms with E-state index in [0.29, 0.717) is 16.7 Å². The highest BCUT2D eigenvalue weighted by atomic mass is 35.5. The molecule has 3 nitrogen and oxygen atoms in total. The van der Waals surface area contributed by atoms with Crippen LogP contribution in [0.5, 0.6) is 0 Å². The number of aromatic nitrogens is 1. The number of nitrogens with zero attached hydrogens (tertiary/aromatic N) is 1. The van der Waals surface area contributed by atoms with Crippen molar-refractivity contribution in [2.24, 2.45) is 5.92 Å². The summed E-state index contributed by atoms with van der Waals surface area (Å²) in [7, 11) is 0. The van der Waals surface area contributed by atoms with Crippen molar-refractivity contribution in [3.8, 4) is 0 Å². The predicted octanol–water partition coefficient (Wildman–Crippen LogP) is 5.58. The number of furan rings is 2. The Kier molecular flexibility index (Phi) is 2.73. The maximum atomic E-state index is 6.13. The fraction of sp³-hybridized carbons (Fsp3) is 0.235. The highest BCUT2D eigenvalue weighted by Gasteiger charge is 2.15. The van der Waals surface area contributed by atoms with Crippen LogP contribution in [0.25, 0.3) is 32.9 Å². The minimum absolute atomic E-state index is 0.391. The van der Waals surface area contributed by atoms with Crippen LogP contribution in [0.4, 0.5) is 0 Å². The molecule has 1 aromatic carbocycles. The lowest BCUT2D eigenvalue weighted by Crippen LogP contribution is -1.90. The lowest BCUT2D eigenvalue weighted by Gasteiger charge is -1.98. The Morgan fingerprint density at radius 3 is 2.67 bits per heavy atom. The first-order chi connectivity index (χ1) is 10.1. The first-order valence-electron chi connectivity index (χ1n) is 7.01. The van der Waals surface area contributed by atoms with Gasteiger partial charge in [0.25, 0.3) is 0 Å². The van der Waals surface area contributed by atoms with Crippen molar-refractivity contribution in [3.63, 3.8) is 0 Å². The van der Waals surface area contributed by atoms with E-state index in [9.17, 15) is 0 Å². The quantitative estimate of drug-likeness (QED) is 0.454. The molecule has 3 heterocycles. The van der Waals surface area contributed by atoms with Gasteiger partial charge >= 0.3 is 0 Å². The lowest BCUT2D eigenvalue weighted by molar-refractivity contribution is 0.500. The molecule has 4 aromatic rings. The van der Waals surface area contributed by atoms with Crippen molar-refractivity contribution >= 4 is 44.5 Å². The fourth-order valence-electron chi connectivity index (χ4n) is 2.80. The molecule has 4 rings (SSSR count). The molecule has 0 aliphatic carbocycles. The van der Waals surface area contributed by atoms with Crippen LogP contribution in [0.15, 0.2) is 39.3 Å². The molecule has 4 heteroatoms. The van der Waals surface area contributed by atoms with E-state index in [4.69, 9.17) is 20.4 Å². The highest BCUT2D eigenvalue weighted by molar-refractivity contribution is 6.34. The first-order valence-corrected chi connectivity index (χ1v) is 7.39. The van der Waals surface area contributed by atoms with E-state index in [1.54, 1.807) is 6.20 Å². The Hall–Kier alpha value is -2.00. The van der Waals surface area contributed by atoms with Gasteiger partial charge in [0, 0.05) is 23.4 Å². The lowest BCUT2D eigenvalue weighted by atomic mass is 10.1. The van der Waals surface area contributed by atoms with Crippen LogP contribution in [0.2, 0.25) is 5.15 Å². The number of pyridine rings is 1. The Morgan fingerprint density at radius 2 is 1.86 bits per heavy atom. The second-order valence-electron chi connectivity index (χ2n) is 5.75. The third-order valence-corrected chi connectivity index (χ3v) is 3.94. The molecule has 0 spiro atoms. The molecule has 0 aliphatic heterocycles.